The summed E-state index contributed by atoms with van der Waals surface area (Å²) in [5, 5.41) is 19.0. The van der Waals surface area contributed by atoms with E-state index in [0.29, 0.717) is 13.0 Å². The summed E-state index contributed by atoms with van der Waals surface area (Å²) in [6, 6.07) is 9.60. The van der Waals surface area contributed by atoms with Crippen molar-refractivity contribution in [1.29, 1.82) is 0 Å². The van der Waals surface area contributed by atoms with E-state index in [9.17, 15) is 9.90 Å². The summed E-state index contributed by atoms with van der Waals surface area (Å²) in [5.41, 5.74) is 0. The van der Waals surface area contributed by atoms with E-state index in [1.165, 1.54) is 0 Å². The molecule has 19 heavy (non-hydrogen) atoms. The molecule has 1 saturated heterocycles. The number of likely N-dealkylation sites (tertiary alicyclic amines) is 1. The number of aliphatic hydroxyl groups is 1. The van der Waals surface area contributed by atoms with E-state index < -0.39 is 12.3 Å². The van der Waals surface area contributed by atoms with Gasteiger partial charge in [-0.2, -0.15) is 0 Å². The molecule has 1 saturated carbocycles. The van der Waals surface area contributed by atoms with E-state index in [4.69, 9.17) is 9.84 Å². The number of benzene rings is 1. The first-order valence-corrected chi connectivity index (χ1v) is 6.54. The van der Waals surface area contributed by atoms with Crippen molar-refractivity contribution in [1.82, 2.24) is 4.90 Å². The van der Waals surface area contributed by atoms with Crippen LogP contribution in [0, 0.1) is 11.8 Å². The third-order valence-corrected chi connectivity index (χ3v) is 4.13. The highest BCUT2D eigenvalue weighted by atomic mass is 16.5. The van der Waals surface area contributed by atoms with Crippen molar-refractivity contribution < 1.29 is 19.7 Å². The second-order valence-electron chi connectivity index (χ2n) is 5.30. The van der Waals surface area contributed by atoms with Crippen LogP contribution in [0.25, 0.3) is 0 Å². The van der Waals surface area contributed by atoms with Crippen LogP contribution in [-0.4, -0.2) is 40.1 Å². The van der Waals surface area contributed by atoms with Crippen molar-refractivity contribution in [3.63, 3.8) is 0 Å². The Morgan fingerprint density at radius 2 is 2.00 bits per heavy atom. The Hall–Kier alpha value is -1.75. The summed E-state index contributed by atoms with van der Waals surface area (Å²) in [7, 11) is 0. The van der Waals surface area contributed by atoms with Gasteiger partial charge in [-0.15, -0.1) is 0 Å². The van der Waals surface area contributed by atoms with Crippen molar-refractivity contribution in [3.8, 4) is 5.75 Å². The second kappa shape index (κ2) is 4.74. The van der Waals surface area contributed by atoms with Gasteiger partial charge in [0.1, 0.15) is 12.0 Å². The summed E-state index contributed by atoms with van der Waals surface area (Å²) in [6.45, 7) is 0.413. The average Bonchev–Trinajstić information content (AvgIpc) is 2.90. The lowest BCUT2D eigenvalue weighted by Gasteiger charge is -2.22. The minimum Gasteiger partial charge on any atom is -0.490 e. The number of rotatable bonds is 2. The maximum atomic E-state index is 11.0. The molecule has 0 spiro atoms. The molecule has 0 bridgehead atoms. The smallest absolute Gasteiger partial charge is 0.409 e. The Balaban J connectivity index is 1.63. The van der Waals surface area contributed by atoms with Gasteiger partial charge in [-0.25, -0.2) is 4.79 Å². The van der Waals surface area contributed by atoms with E-state index >= 15 is 0 Å². The maximum Gasteiger partial charge on any atom is 0.409 e. The van der Waals surface area contributed by atoms with Gasteiger partial charge in [0.15, 0.2) is 0 Å². The number of aliphatic hydroxyl groups excluding tert-OH is 1. The molecule has 2 fully saturated rings. The minimum absolute atomic E-state index is 0.00446. The van der Waals surface area contributed by atoms with Crippen molar-refractivity contribution in [2.75, 3.05) is 6.54 Å². The number of hydrogen-bond donors (Lipinski definition) is 2. The summed E-state index contributed by atoms with van der Waals surface area (Å²) >= 11 is 0. The largest absolute Gasteiger partial charge is 0.490 e. The molecule has 0 radical (unpaired) electrons. The first-order chi connectivity index (χ1) is 9.15. The third-order valence-electron chi connectivity index (χ3n) is 4.13. The van der Waals surface area contributed by atoms with Crippen LogP contribution in [0.3, 0.4) is 0 Å². The van der Waals surface area contributed by atoms with Gasteiger partial charge in [0.25, 0.3) is 0 Å². The molecule has 1 aliphatic carbocycles. The summed E-state index contributed by atoms with van der Waals surface area (Å²) < 4.78 is 5.88. The number of carboxylic acid groups (broad SMARTS) is 1. The molecule has 5 nitrogen and oxygen atoms in total. The summed E-state index contributed by atoms with van der Waals surface area (Å²) in [5.74, 6) is 1.04. The van der Waals surface area contributed by atoms with Gasteiger partial charge >= 0.3 is 6.09 Å². The molecule has 1 aromatic carbocycles. The van der Waals surface area contributed by atoms with E-state index in [1.54, 1.807) is 0 Å². The van der Waals surface area contributed by atoms with Crippen LogP contribution < -0.4 is 4.74 Å². The third kappa shape index (κ3) is 2.26. The average molecular weight is 263 g/mol. The lowest BCUT2D eigenvalue weighted by atomic mass is 10.00. The highest BCUT2D eigenvalue weighted by molar-refractivity contribution is 5.65. The highest BCUT2D eigenvalue weighted by Gasteiger charge is 2.49. The lowest BCUT2D eigenvalue weighted by molar-refractivity contribution is 0.00844. The Morgan fingerprint density at radius 1 is 1.26 bits per heavy atom. The number of para-hydroxylation sites is 1. The number of hydrogen-bond acceptors (Lipinski definition) is 3. The molecule has 1 aromatic rings. The fraction of sp³-hybridized carbons (Fsp3) is 0.500. The van der Waals surface area contributed by atoms with E-state index in [0.717, 1.165) is 17.1 Å². The zero-order chi connectivity index (χ0) is 13.4. The molecule has 2 aliphatic rings. The molecule has 102 valence electrons. The summed E-state index contributed by atoms with van der Waals surface area (Å²) in [6.07, 6.45) is -0.331. The zero-order valence-electron chi connectivity index (χ0n) is 10.5. The highest BCUT2D eigenvalue weighted by Crippen LogP contribution is 2.42. The first-order valence-electron chi connectivity index (χ1n) is 6.54. The fourth-order valence-electron chi connectivity index (χ4n) is 3.25. The van der Waals surface area contributed by atoms with Gasteiger partial charge < -0.3 is 14.9 Å². The topological polar surface area (TPSA) is 70.0 Å². The monoisotopic (exact) mass is 263 g/mol. The van der Waals surface area contributed by atoms with Crippen LogP contribution in [-0.2, 0) is 0 Å². The Morgan fingerprint density at radius 3 is 2.63 bits per heavy atom. The van der Waals surface area contributed by atoms with Crippen LogP contribution in [0.15, 0.2) is 30.3 Å². The molecule has 3 rings (SSSR count). The predicted molar refractivity (Wildman–Crippen MR) is 67.8 cm³/mol. The SMILES string of the molecule is O=C(O)N1CC2CC(Oc3ccccc3)CC2C1O. The van der Waals surface area contributed by atoms with Crippen LogP contribution >= 0.6 is 0 Å². The molecular weight excluding hydrogens is 246 g/mol. The van der Waals surface area contributed by atoms with Crippen molar-refractivity contribution in [2.45, 2.75) is 25.2 Å². The Bertz CT molecular complexity index is 464. The molecule has 2 N–H and O–H groups in total. The standard InChI is InChI=1S/C14H17NO4/c16-13-12-7-11(19-10-4-2-1-3-5-10)6-9(12)8-15(13)14(17)18/h1-5,9,11-13,16H,6-8H2,(H,17,18). The van der Waals surface area contributed by atoms with E-state index in [-0.39, 0.29) is 17.9 Å². The molecule has 1 aliphatic heterocycles. The second-order valence-corrected chi connectivity index (χ2v) is 5.30. The predicted octanol–water partition coefficient (Wildman–Crippen LogP) is 1.77. The minimum atomic E-state index is -1.04. The number of ether oxygens (including phenoxy) is 1. The van der Waals surface area contributed by atoms with Crippen LogP contribution in [0.5, 0.6) is 5.75 Å². The summed E-state index contributed by atoms with van der Waals surface area (Å²) in [4.78, 5) is 12.1. The number of amides is 1. The molecule has 1 amide bonds. The normalized spacial score (nSPS) is 33.2. The molecule has 0 aromatic heterocycles. The van der Waals surface area contributed by atoms with Gasteiger partial charge in [-0.05, 0) is 30.9 Å². The molecule has 4 unspecified atom stereocenters. The van der Waals surface area contributed by atoms with E-state index in [1.807, 2.05) is 30.3 Å². The molecule has 4 atom stereocenters. The van der Waals surface area contributed by atoms with Crippen molar-refractivity contribution >= 4 is 6.09 Å². The van der Waals surface area contributed by atoms with Crippen LogP contribution in [0.4, 0.5) is 4.79 Å². The van der Waals surface area contributed by atoms with E-state index in [2.05, 4.69) is 0 Å². The van der Waals surface area contributed by atoms with Crippen LogP contribution in [0.2, 0.25) is 0 Å². The van der Waals surface area contributed by atoms with Gasteiger partial charge in [0, 0.05) is 12.5 Å². The lowest BCUT2D eigenvalue weighted by Crippen LogP contribution is -2.37. The van der Waals surface area contributed by atoms with Gasteiger partial charge in [0.05, 0.1) is 6.10 Å². The van der Waals surface area contributed by atoms with Gasteiger partial charge in [0.2, 0.25) is 0 Å². The van der Waals surface area contributed by atoms with Crippen molar-refractivity contribution in [3.05, 3.63) is 30.3 Å². The molecule has 5 heteroatoms. The van der Waals surface area contributed by atoms with Gasteiger partial charge in [-0.1, -0.05) is 18.2 Å². The number of fused-ring (bicyclic) bond motifs is 1. The Labute approximate surface area is 111 Å². The quantitative estimate of drug-likeness (QED) is 0.853. The molecular formula is C14H17NO4. The van der Waals surface area contributed by atoms with Crippen molar-refractivity contribution in [2.24, 2.45) is 11.8 Å². The number of carbonyl (C=O) groups is 1. The first kappa shape index (κ1) is 12.3. The molecule has 1 heterocycles. The fourth-order valence-corrected chi connectivity index (χ4v) is 3.25. The Kier molecular flexibility index (Phi) is 3.06. The zero-order valence-corrected chi connectivity index (χ0v) is 10.5. The van der Waals surface area contributed by atoms with Crippen LogP contribution in [0.1, 0.15) is 12.8 Å². The number of nitrogens with zero attached hydrogens (tertiary/aromatic N) is 1. The maximum absolute atomic E-state index is 11.0. The van der Waals surface area contributed by atoms with Gasteiger partial charge in [-0.3, -0.25) is 4.90 Å².